The van der Waals surface area contributed by atoms with Crippen LogP contribution >= 0.6 is 0 Å². The Bertz CT molecular complexity index is 613. The van der Waals surface area contributed by atoms with Gasteiger partial charge in [-0.05, 0) is 43.9 Å². The Morgan fingerprint density at radius 1 is 1.25 bits per heavy atom. The first-order valence-electron chi connectivity index (χ1n) is 7.59. The topological polar surface area (TPSA) is 42.1 Å². The van der Waals surface area contributed by atoms with E-state index in [-0.39, 0.29) is 0 Å². The van der Waals surface area contributed by atoms with Crippen LogP contribution in [0.1, 0.15) is 31.9 Å². The number of aromatic nitrogens is 1. The van der Waals surface area contributed by atoms with E-state index < -0.39 is 0 Å². The lowest BCUT2D eigenvalue weighted by Gasteiger charge is -2.34. The highest BCUT2D eigenvalue weighted by molar-refractivity contribution is 6.01. The number of hydrogen-bond donors (Lipinski definition) is 1. The number of aryl methyl sites for hydroxylation is 1. The van der Waals surface area contributed by atoms with Crippen LogP contribution in [0.2, 0.25) is 0 Å². The van der Waals surface area contributed by atoms with E-state index in [1.165, 1.54) is 30.3 Å². The average molecular weight is 269 g/mol. The van der Waals surface area contributed by atoms with Crippen molar-refractivity contribution in [2.75, 3.05) is 23.7 Å². The molecule has 1 fully saturated rings. The van der Waals surface area contributed by atoms with Crippen molar-refractivity contribution < 1.29 is 0 Å². The molecule has 0 aliphatic carbocycles. The molecule has 0 radical (unpaired) electrons. The van der Waals surface area contributed by atoms with Crippen LogP contribution in [0.15, 0.2) is 24.4 Å². The van der Waals surface area contributed by atoms with Gasteiger partial charge in [-0.15, -0.1) is 0 Å². The molecule has 1 saturated heterocycles. The van der Waals surface area contributed by atoms with E-state index in [4.69, 9.17) is 5.73 Å². The summed E-state index contributed by atoms with van der Waals surface area (Å²) in [6.45, 7) is 6.64. The summed E-state index contributed by atoms with van der Waals surface area (Å²) in [5.74, 6) is 0.898. The Labute approximate surface area is 120 Å². The van der Waals surface area contributed by atoms with Gasteiger partial charge in [-0.1, -0.05) is 13.3 Å². The molecule has 2 aromatic rings. The van der Waals surface area contributed by atoms with Gasteiger partial charge in [0.2, 0.25) is 0 Å². The minimum atomic E-state index is 0.819. The molecular weight excluding hydrogens is 246 g/mol. The molecule has 3 nitrogen and oxygen atoms in total. The van der Waals surface area contributed by atoms with Gasteiger partial charge in [0, 0.05) is 47.1 Å². The Morgan fingerprint density at radius 3 is 2.70 bits per heavy atom. The summed E-state index contributed by atoms with van der Waals surface area (Å²) >= 11 is 0. The number of nitrogens with two attached hydrogens (primary N) is 1. The molecule has 0 atom stereocenters. The number of benzene rings is 1. The van der Waals surface area contributed by atoms with E-state index in [1.807, 2.05) is 19.2 Å². The summed E-state index contributed by atoms with van der Waals surface area (Å²) in [7, 11) is 0. The molecule has 3 heteroatoms. The van der Waals surface area contributed by atoms with E-state index in [2.05, 4.69) is 28.9 Å². The van der Waals surface area contributed by atoms with Crippen LogP contribution in [-0.2, 0) is 0 Å². The first-order chi connectivity index (χ1) is 9.69. The molecule has 2 heterocycles. The molecule has 1 aromatic carbocycles. The normalized spacial score (nSPS) is 16.8. The number of pyridine rings is 1. The fourth-order valence-electron chi connectivity index (χ4n) is 3.21. The van der Waals surface area contributed by atoms with Gasteiger partial charge in [-0.25, -0.2) is 0 Å². The van der Waals surface area contributed by atoms with Crippen molar-refractivity contribution in [2.45, 2.75) is 33.1 Å². The lowest BCUT2D eigenvalue weighted by molar-refractivity contribution is 0.395. The monoisotopic (exact) mass is 269 g/mol. The van der Waals surface area contributed by atoms with E-state index in [1.54, 1.807) is 0 Å². The van der Waals surface area contributed by atoms with Gasteiger partial charge in [0.1, 0.15) is 0 Å². The summed E-state index contributed by atoms with van der Waals surface area (Å²) in [4.78, 5) is 6.89. The summed E-state index contributed by atoms with van der Waals surface area (Å²) in [5, 5.41) is 2.32. The second kappa shape index (κ2) is 5.31. The molecule has 3 rings (SSSR count). The van der Waals surface area contributed by atoms with Crippen LogP contribution in [0.4, 0.5) is 11.4 Å². The molecule has 0 bridgehead atoms. The summed E-state index contributed by atoms with van der Waals surface area (Å²) < 4.78 is 0. The maximum atomic E-state index is 6.09. The SMILES string of the molecule is CCC1CCN(c2ccc(N)c3cnc(C)cc23)CC1. The Morgan fingerprint density at radius 2 is 2.00 bits per heavy atom. The zero-order valence-electron chi connectivity index (χ0n) is 12.4. The van der Waals surface area contributed by atoms with Crippen LogP contribution in [0.3, 0.4) is 0 Å². The predicted octanol–water partition coefficient (Wildman–Crippen LogP) is 3.75. The van der Waals surface area contributed by atoms with Crippen molar-refractivity contribution in [1.82, 2.24) is 4.98 Å². The highest BCUT2D eigenvalue weighted by Gasteiger charge is 2.19. The van der Waals surface area contributed by atoms with Crippen LogP contribution < -0.4 is 10.6 Å². The third kappa shape index (κ3) is 2.33. The van der Waals surface area contributed by atoms with Gasteiger partial charge in [0.15, 0.2) is 0 Å². The van der Waals surface area contributed by atoms with Gasteiger partial charge in [-0.2, -0.15) is 0 Å². The molecule has 106 valence electrons. The minimum Gasteiger partial charge on any atom is -0.398 e. The second-order valence-electron chi connectivity index (χ2n) is 5.88. The van der Waals surface area contributed by atoms with Crippen molar-refractivity contribution in [1.29, 1.82) is 0 Å². The van der Waals surface area contributed by atoms with Crippen molar-refractivity contribution in [2.24, 2.45) is 5.92 Å². The van der Waals surface area contributed by atoms with Crippen molar-refractivity contribution >= 4 is 22.1 Å². The standard InChI is InChI=1S/C17H23N3/c1-3-13-6-8-20(9-7-13)17-5-4-16(18)15-11-19-12(2)10-14(15)17/h4-5,10-11,13H,3,6-9,18H2,1-2H3. The molecule has 1 aliphatic heterocycles. The summed E-state index contributed by atoms with van der Waals surface area (Å²) in [5.41, 5.74) is 9.27. The molecule has 1 aromatic heterocycles. The van der Waals surface area contributed by atoms with E-state index >= 15 is 0 Å². The zero-order valence-corrected chi connectivity index (χ0v) is 12.4. The summed E-state index contributed by atoms with van der Waals surface area (Å²) in [6, 6.07) is 6.34. The largest absolute Gasteiger partial charge is 0.398 e. The number of hydrogen-bond acceptors (Lipinski definition) is 3. The van der Waals surface area contributed by atoms with Gasteiger partial charge in [0.05, 0.1) is 0 Å². The predicted molar refractivity (Wildman–Crippen MR) is 86.1 cm³/mol. The van der Waals surface area contributed by atoms with Gasteiger partial charge < -0.3 is 10.6 Å². The molecule has 1 aliphatic rings. The maximum Gasteiger partial charge on any atom is 0.0448 e. The molecule has 2 N–H and O–H groups in total. The zero-order chi connectivity index (χ0) is 14.1. The third-order valence-corrected chi connectivity index (χ3v) is 4.58. The van der Waals surface area contributed by atoms with Crippen LogP contribution in [0, 0.1) is 12.8 Å². The molecule has 0 unspecified atom stereocenters. The van der Waals surface area contributed by atoms with E-state index in [9.17, 15) is 0 Å². The third-order valence-electron chi connectivity index (χ3n) is 4.58. The second-order valence-corrected chi connectivity index (χ2v) is 5.88. The number of nitrogen functional groups attached to an aromatic ring is 1. The number of piperidine rings is 1. The average Bonchev–Trinajstić information content (AvgIpc) is 2.48. The van der Waals surface area contributed by atoms with Gasteiger partial charge in [-0.3, -0.25) is 4.98 Å². The lowest BCUT2D eigenvalue weighted by atomic mass is 9.93. The number of nitrogens with zero attached hydrogens (tertiary/aromatic N) is 2. The number of fused-ring (bicyclic) bond motifs is 1. The van der Waals surface area contributed by atoms with E-state index in [0.29, 0.717) is 0 Å². The highest BCUT2D eigenvalue weighted by atomic mass is 15.1. The van der Waals surface area contributed by atoms with Crippen molar-refractivity contribution in [3.63, 3.8) is 0 Å². The van der Waals surface area contributed by atoms with Crippen molar-refractivity contribution in [3.8, 4) is 0 Å². The fraction of sp³-hybridized carbons (Fsp3) is 0.471. The van der Waals surface area contributed by atoms with Crippen LogP contribution in [0.5, 0.6) is 0 Å². The van der Waals surface area contributed by atoms with Gasteiger partial charge in [0.25, 0.3) is 0 Å². The molecule has 0 saturated carbocycles. The smallest absolute Gasteiger partial charge is 0.0448 e. The first-order valence-corrected chi connectivity index (χ1v) is 7.59. The van der Waals surface area contributed by atoms with Crippen molar-refractivity contribution in [3.05, 3.63) is 30.1 Å². The van der Waals surface area contributed by atoms with Gasteiger partial charge >= 0.3 is 0 Å². The highest BCUT2D eigenvalue weighted by Crippen LogP contribution is 2.33. The Balaban J connectivity index is 1.99. The lowest BCUT2D eigenvalue weighted by Crippen LogP contribution is -2.33. The fourth-order valence-corrected chi connectivity index (χ4v) is 3.21. The molecule has 20 heavy (non-hydrogen) atoms. The Kier molecular flexibility index (Phi) is 3.51. The minimum absolute atomic E-state index is 0.819. The number of rotatable bonds is 2. The van der Waals surface area contributed by atoms with Crippen LogP contribution in [0.25, 0.3) is 10.8 Å². The quantitative estimate of drug-likeness (QED) is 0.844. The molecular formula is C17H23N3. The Hall–Kier alpha value is -1.77. The molecule has 0 amide bonds. The maximum absolute atomic E-state index is 6.09. The van der Waals surface area contributed by atoms with Crippen LogP contribution in [-0.4, -0.2) is 18.1 Å². The summed E-state index contributed by atoms with van der Waals surface area (Å²) in [6.07, 6.45) is 5.81. The van der Waals surface area contributed by atoms with E-state index in [0.717, 1.165) is 35.8 Å². The molecule has 0 spiro atoms. The first kappa shape index (κ1) is 13.2. The number of anilines is 2.